The summed E-state index contributed by atoms with van der Waals surface area (Å²) in [6.45, 7) is 0. The molecule has 2 heterocycles. The van der Waals surface area contributed by atoms with Crippen LogP contribution in [0.2, 0.25) is 0 Å². The fourth-order valence-corrected chi connectivity index (χ4v) is 9.18. The molecule has 0 saturated heterocycles. The number of rotatable bonds is 4. The van der Waals surface area contributed by atoms with E-state index in [-0.39, 0.29) is 0 Å². The van der Waals surface area contributed by atoms with E-state index in [4.69, 9.17) is 8.83 Å². The van der Waals surface area contributed by atoms with E-state index >= 15 is 4.57 Å². The summed E-state index contributed by atoms with van der Waals surface area (Å²) >= 11 is 0. The summed E-state index contributed by atoms with van der Waals surface area (Å²) < 4.78 is 27.6. The van der Waals surface area contributed by atoms with Crippen molar-refractivity contribution in [2.45, 2.75) is 0 Å². The molecule has 2 aromatic heterocycles. The number of hydrogen-bond donors (Lipinski definition) is 0. The van der Waals surface area contributed by atoms with Gasteiger partial charge in [-0.2, -0.15) is 0 Å². The summed E-state index contributed by atoms with van der Waals surface area (Å²) in [7, 11) is -3.12. The molecule has 0 aliphatic heterocycles. The molecule has 0 saturated carbocycles. The van der Waals surface area contributed by atoms with E-state index in [9.17, 15) is 0 Å². The van der Waals surface area contributed by atoms with Crippen molar-refractivity contribution in [2.24, 2.45) is 0 Å². The molecule has 44 heavy (non-hydrogen) atoms. The Morgan fingerprint density at radius 2 is 0.818 bits per heavy atom. The van der Waals surface area contributed by atoms with Gasteiger partial charge in [0.25, 0.3) is 0 Å². The number of benzene rings is 7. The average Bonchev–Trinajstić information content (AvgIpc) is 3.64. The topological polar surface area (TPSA) is 43.4 Å². The Bertz CT molecular complexity index is 2530. The van der Waals surface area contributed by atoms with Crippen molar-refractivity contribution >= 4 is 77.7 Å². The lowest BCUT2D eigenvalue weighted by Crippen LogP contribution is -2.24. The predicted octanol–water partition coefficient (Wildman–Crippen LogP) is 9.94. The van der Waals surface area contributed by atoms with Gasteiger partial charge in [-0.25, -0.2) is 0 Å². The minimum absolute atomic E-state index is 0.775. The molecule has 9 aromatic rings. The normalized spacial score (nSPS) is 12.2. The number of hydrogen-bond acceptors (Lipinski definition) is 3. The number of fused-ring (bicyclic) bond motifs is 7. The molecule has 0 aliphatic rings. The monoisotopic (exact) mass is 584 g/mol. The van der Waals surface area contributed by atoms with E-state index in [2.05, 4.69) is 72.8 Å². The highest BCUT2D eigenvalue weighted by Crippen LogP contribution is 2.44. The lowest BCUT2D eigenvalue weighted by molar-refractivity contribution is 0.592. The Morgan fingerprint density at radius 3 is 1.41 bits per heavy atom. The SMILES string of the molecule is O=P(c1ccccc1)(c1ccccc1)c1ccc2oc3ccc(-c4ccc5oc6cc7ccccc7cc6c5c4)cc3c2c1. The van der Waals surface area contributed by atoms with Crippen LogP contribution in [-0.4, -0.2) is 0 Å². The molecular weight excluding hydrogens is 559 g/mol. The van der Waals surface area contributed by atoms with Crippen LogP contribution in [0.4, 0.5) is 0 Å². The lowest BCUT2D eigenvalue weighted by Gasteiger charge is -2.20. The first-order valence-electron chi connectivity index (χ1n) is 14.7. The van der Waals surface area contributed by atoms with Crippen LogP contribution in [0.5, 0.6) is 0 Å². The van der Waals surface area contributed by atoms with Crippen LogP contribution in [0.15, 0.2) is 160 Å². The van der Waals surface area contributed by atoms with E-state index in [0.717, 1.165) is 70.9 Å². The van der Waals surface area contributed by atoms with Crippen molar-refractivity contribution in [3.8, 4) is 11.1 Å². The fourth-order valence-electron chi connectivity index (χ4n) is 6.51. The van der Waals surface area contributed by atoms with Gasteiger partial charge < -0.3 is 13.4 Å². The quantitative estimate of drug-likeness (QED) is 0.193. The largest absolute Gasteiger partial charge is 0.456 e. The van der Waals surface area contributed by atoms with Gasteiger partial charge in [0, 0.05) is 37.5 Å². The van der Waals surface area contributed by atoms with Gasteiger partial charge >= 0.3 is 0 Å². The molecule has 4 heteroatoms. The summed E-state index contributed by atoms with van der Waals surface area (Å²) in [5.41, 5.74) is 5.52. The number of furan rings is 2. The molecule has 0 atom stereocenters. The highest BCUT2D eigenvalue weighted by molar-refractivity contribution is 7.85. The van der Waals surface area contributed by atoms with Crippen molar-refractivity contribution < 1.29 is 13.4 Å². The second-order valence-corrected chi connectivity index (χ2v) is 14.1. The van der Waals surface area contributed by atoms with Gasteiger partial charge in [-0.15, -0.1) is 0 Å². The molecule has 0 amide bonds. The molecule has 0 bridgehead atoms. The van der Waals surface area contributed by atoms with Crippen LogP contribution >= 0.6 is 7.14 Å². The maximum atomic E-state index is 15.1. The molecule has 0 spiro atoms. The van der Waals surface area contributed by atoms with E-state index in [1.807, 2.05) is 78.9 Å². The Labute approximate surface area is 253 Å². The van der Waals surface area contributed by atoms with Gasteiger partial charge in [0.05, 0.1) is 0 Å². The van der Waals surface area contributed by atoms with E-state index < -0.39 is 7.14 Å². The molecule has 9 rings (SSSR count). The second-order valence-electron chi connectivity index (χ2n) is 11.3. The second kappa shape index (κ2) is 9.57. The maximum absolute atomic E-state index is 15.1. The Hall–Kier alpha value is -5.37. The third-order valence-corrected chi connectivity index (χ3v) is 11.8. The zero-order chi connectivity index (χ0) is 29.3. The first kappa shape index (κ1) is 25.2. The first-order chi connectivity index (χ1) is 21.6. The van der Waals surface area contributed by atoms with Crippen LogP contribution in [0.25, 0.3) is 65.8 Å². The van der Waals surface area contributed by atoms with Gasteiger partial charge in [0.1, 0.15) is 22.3 Å². The summed E-state index contributed by atoms with van der Waals surface area (Å²) in [5.74, 6) is 0. The predicted molar refractivity (Wildman–Crippen MR) is 183 cm³/mol. The highest BCUT2D eigenvalue weighted by Gasteiger charge is 2.30. The summed E-state index contributed by atoms with van der Waals surface area (Å²) in [5, 5.41) is 8.92. The van der Waals surface area contributed by atoms with Crippen molar-refractivity contribution in [3.05, 3.63) is 152 Å². The summed E-state index contributed by atoms with van der Waals surface area (Å²) in [4.78, 5) is 0. The van der Waals surface area contributed by atoms with Crippen LogP contribution in [0.1, 0.15) is 0 Å². The molecular formula is C40H25O3P. The summed E-state index contributed by atoms with van der Waals surface area (Å²) in [6, 6.07) is 50.9. The minimum Gasteiger partial charge on any atom is -0.456 e. The molecule has 0 N–H and O–H groups in total. The zero-order valence-corrected chi connectivity index (χ0v) is 24.5. The standard InChI is InChI=1S/C40H25O3P/c41-44(30-11-3-1-4-12-30,31-13-5-2-6-14-31)32-17-20-39-36(25-32)34-23-29(15-18-37(34)42-39)28-16-19-38-33(22-28)35-21-26-9-7-8-10-27(26)24-40(35)43-38/h1-25H. The third kappa shape index (κ3) is 3.80. The van der Waals surface area contributed by atoms with Crippen LogP contribution in [0, 0.1) is 0 Å². The van der Waals surface area contributed by atoms with Gasteiger partial charge in [-0.3, -0.25) is 0 Å². The van der Waals surface area contributed by atoms with Gasteiger partial charge in [-0.05, 0) is 76.5 Å². The molecule has 0 radical (unpaired) electrons. The van der Waals surface area contributed by atoms with E-state index in [1.165, 1.54) is 10.8 Å². The van der Waals surface area contributed by atoms with Gasteiger partial charge in [0.15, 0.2) is 7.14 Å². The Kier molecular flexibility index (Phi) is 5.47. The van der Waals surface area contributed by atoms with Crippen LogP contribution in [-0.2, 0) is 4.57 Å². The molecule has 3 nitrogen and oxygen atoms in total. The lowest BCUT2D eigenvalue weighted by atomic mass is 10.00. The van der Waals surface area contributed by atoms with E-state index in [0.29, 0.717) is 0 Å². The van der Waals surface area contributed by atoms with Crippen LogP contribution < -0.4 is 15.9 Å². The molecule has 0 fully saturated rings. The maximum Gasteiger partial charge on any atom is 0.171 e. The van der Waals surface area contributed by atoms with Crippen molar-refractivity contribution in [1.29, 1.82) is 0 Å². The molecule has 0 aliphatic carbocycles. The summed E-state index contributed by atoms with van der Waals surface area (Å²) in [6.07, 6.45) is 0. The van der Waals surface area contributed by atoms with Crippen LogP contribution in [0.3, 0.4) is 0 Å². The van der Waals surface area contributed by atoms with Crippen molar-refractivity contribution in [3.63, 3.8) is 0 Å². The molecule has 208 valence electrons. The van der Waals surface area contributed by atoms with Gasteiger partial charge in [-0.1, -0.05) is 97.1 Å². The van der Waals surface area contributed by atoms with Crippen molar-refractivity contribution in [1.82, 2.24) is 0 Å². The first-order valence-corrected chi connectivity index (χ1v) is 16.4. The average molecular weight is 585 g/mol. The van der Waals surface area contributed by atoms with Crippen molar-refractivity contribution in [2.75, 3.05) is 0 Å². The minimum atomic E-state index is -3.12. The molecule has 7 aromatic carbocycles. The van der Waals surface area contributed by atoms with E-state index in [1.54, 1.807) is 0 Å². The third-order valence-electron chi connectivity index (χ3n) is 8.73. The Balaban J connectivity index is 1.22. The van der Waals surface area contributed by atoms with Gasteiger partial charge in [0.2, 0.25) is 0 Å². The zero-order valence-electron chi connectivity index (χ0n) is 23.6. The fraction of sp³-hybridized carbons (Fsp3) is 0. The molecule has 0 unspecified atom stereocenters. The smallest absolute Gasteiger partial charge is 0.171 e. The highest BCUT2D eigenvalue weighted by atomic mass is 31.2. The Morgan fingerprint density at radius 1 is 0.364 bits per heavy atom.